The maximum absolute atomic E-state index is 13.0. The molecular weight excluding hydrogens is 339 g/mol. The minimum absolute atomic E-state index is 0.00722. The zero-order valence-electron chi connectivity index (χ0n) is 13.1. The van der Waals surface area contributed by atoms with E-state index in [1.54, 1.807) is 0 Å². The number of alkyl halides is 3. The van der Waals surface area contributed by atoms with Crippen LogP contribution in [0.1, 0.15) is 37.6 Å². The third-order valence-corrected chi connectivity index (χ3v) is 4.60. The van der Waals surface area contributed by atoms with E-state index in [9.17, 15) is 28.5 Å². The fourth-order valence-corrected chi connectivity index (χ4v) is 3.09. The molecule has 25 heavy (non-hydrogen) atoms. The average Bonchev–Trinajstić information content (AvgIpc) is 2.96. The molecule has 3 rings (SSSR count). The molecule has 2 atom stereocenters. The Balaban J connectivity index is 2.20. The molecule has 0 aliphatic heterocycles. The molecule has 1 aromatic carbocycles. The van der Waals surface area contributed by atoms with Gasteiger partial charge in [-0.15, -0.1) is 0 Å². The summed E-state index contributed by atoms with van der Waals surface area (Å²) in [5.41, 5.74) is -1.18. The first kappa shape index (κ1) is 17.0. The minimum Gasteiger partial charge on any atom is -0.379 e. The van der Waals surface area contributed by atoms with Crippen molar-refractivity contribution in [2.75, 3.05) is 5.32 Å². The van der Waals surface area contributed by atoms with Gasteiger partial charge in [-0.05, 0) is 18.8 Å². The number of nitrogens with zero attached hydrogens (tertiary/aromatic N) is 3. The van der Waals surface area contributed by atoms with Gasteiger partial charge in [0.2, 0.25) is 5.82 Å². The maximum atomic E-state index is 13.0. The van der Waals surface area contributed by atoms with Crippen LogP contribution in [-0.4, -0.2) is 20.9 Å². The number of aromatic nitrogens is 2. The highest BCUT2D eigenvalue weighted by Gasteiger charge is 2.38. The van der Waals surface area contributed by atoms with Crippen LogP contribution in [0.25, 0.3) is 11.0 Å². The van der Waals surface area contributed by atoms with Crippen molar-refractivity contribution in [1.82, 2.24) is 9.97 Å². The lowest BCUT2D eigenvalue weighted by atomic mass is 9.77. The summed E-state index contributed by atoms with van der Waals surface area (Å²) in [6.45, 7) is 2.01. The number of imidazole rings is 1. The number of nitro groups is 1. The van der Waals surface area contributed by atoms with E-state index < -0.39 is 22.6 Å². The topological polar surface area (TPSA) is 108 Å². The van der Waals surface area contributed by atoms with Gasteiger partial charge in [-0.3, -0.25) is 10.1 Å². The van der Waals surface area contributed by atoms with Crippen molar-refractivity contribution in [2.24, 2.45) is 5.92 Å². The molecule has 0 saturated heterocycles. The normalized spacial score (nSPS) is 20.1. The number of hydrogen-bond acceptors (Lipinski definition) is 5. The van der Waals surface area contributed by atoms with Crippen molar-refractivity contribution in [3.05, 3.63) is 27.6 Å². The monoisotopic (exact) mass is 353 g/mol. The van der Waals surface area contributed by atoms with Crippen molar-refractivity contribution in [3.8, 4) is 6.07 Å². The molecule has 1 fully saturated rings. The summed E-state index contributed by atoms with van der Waals surface area (Å²) >= 11 is 0. The molecule has 0 spiro atoms. The number of nitriles is 1. The Labute approximate surface area is 140 Å². The Bertz CT molecular complexity index is 882. The first-order valence-corrected chi connectivity index (χ1v) is 7.71. The van der Waals surface area contributed by atoms with Crippen LogP contribution in [0.3, 0.4) is 0 Å². The van der Waals surface area contributed by atoms with Crippen molar-refractivity contribution in [2.45, 2.75) is 38.4 Å². The van der Waals surface area contributed by atoms with Gasteiger partial charge < -0.3 is 10.3 Å². The van der Waals surface area contributed by atoms with Crippen LogP contribution in [-0.2, 0) is 6.18 Å². The molecule has 0 amide bonds. The SMILES string of the molecule is CCC1CCC1Nc1c(C#N)cc([N+](=O)[O-])c2[nH]c(C(F)(F)F)nc12. The van der Waals surface area contributed by atoms with Crippen LogP contribution < -0.4 is 5.32 Å². The van der Waals surface area contributed by atoms with Gasteiger partial charge >= 0.3 is 6.18 Å². The smallest absolute Gasteiger partial charge is 0.379 e. The van der Waals surface area contributed by atoms with Gasteiger partial charge in [0.15, 0.2) is 0 Å². The van der Waals surface area contributed by atoms with Gasteiger partial charge in [0.25, 0.3) is 5.69 Å². The molecule has 1 heterocycles. The fourth-order valence-electron chi connectivity index (χ4n) is 3.09. The van der Waals surface area contributed by atoms with Crippen LogP contribution in [0.15, 0.2) is 6.07 Å². The lowest BCUT2D eigenvalue weighted by Gasteiger charge is -2.37. The Morgan fingerprint density at radius 2 is 2.24 bits per heavy atom. The molecule has 2 unspecified atom stereocenters. The number of non-ortho nitro benzene ring substituents is 1. The third-order valence-electron chi connectivity index (χ3n) is 4.60. The number of fused-ring (bicyclic) bond motifs is 1. The second-order valence-corrected chi connectivity index (χ2v) is 5.99. The number of nitro benzene ring substituents is 1. The molecule has 2 N–H and O–H groups in total. The number of hydrogen-bond donors (Lipinski definition) is 2. The summed E-state index contributed by atoms with van der Waals surface area (Å²) in [6, 6.07) is 2.80. The van der Waals surface area contributed by atoms with E-state index in [1.165, 1.54) is 0 Å². The average molecular weight is 353 g/mol. The van der Waals surface area contributed by atoms with Crippen molar-refractivity contribution >= 4 is 22.4 Å². The summed E-state index contributed by atoms with van der Waals surface area (Å²) in [6.07, 6.45) is -2.08. The molecular formula is C15H14F3N5O2. The predicted molar refractivity (Wildman–Crippen MR) is 82.9 cm³/mol. The molecule has 1 aliphatic carbocycles. The summed E-state index contributed by atoms with van der Waals surface area (Å²) in [4.78, 5) is 15.8. The first-order valence-electron chi connectivity index (χ1n) is 7.71. The molecule has 0 bridgehead atoms. The van der Waals surface area contributed by atoms with Gasteiger partial charge in [-0.1, -0.05) is 13.3 Å². The summed E-state index contributed by atoms with van der Waals surface area (Å²) in [5.74, 6) is -0.984. The zero-order valence-corrected chi connectivity index (χ0v) is 13.1. The number of rotatable bonds is 4. The summed E-state index contributed by atoms with van der Waals surface area (Å²) in [7, 11) is 0. The van der Waals surface area contributed by atoms with Crippen LogP contribution in [0, 0.1) is 27.4 Å². The van der Waals surface area contributed by atoms with E-state index in [4.69, 9.17) is 0 Å². The van der Waals surface area contributed by atoms with Crippen LogP contribution in [0.2, 0.25) is 0 Å². The molecule has 7 nitrogen and oxygen atoms in total. The second-order valence-electron chi connectivity index (χ2n) is 5.99. The quantitative estimate of drug-likeness (QED) is 0.639. The highest BCUT2D eigenvalue weighted by Crippen LogP contribution is 2.40. The van der Waals surface area contributed by atoms with Gasteiger partial charge in [0.1, 0.15) is 17.1 Å². The van der Waals surface area contributed by atoms with Gasteiger partial charge in [-0.2, -0.15) is 18.4 Å². The number of aromatic amines is 1. The number of anilines is 1. The summed E-state index contributed by atoms with van der Waals surface area (Å²) < 4.78 is 38.9. The first-order chi connectivity index (χ1) is 11.8. The van der Waals surface area contributed by atoms with Crippen LogP contribution in [0.4, 0.5) is 24.5 Å². The molecule has 1 aromatic heterocycles. The molecule has 2 aromatic rings. The van der Waals surface area contributed by atoms with Gasteiger partial charge in [-0.25, -0.2) is 4.98 Å². The number of halogens is 3. The summed E-state index contributed by atoms with van der Waals surface area (Å²) in [5, 5.41) is 23.6. The highest BCUT2D eigenvalue weighted by atomic mass is 19.4. The predicted octanol–water partition coefficient (Wildman–Crippen LogP) is 3.96. The second kappa shape index (κ2) is 5.91. The van der Waals surface area contributed by atoms with Crippen LogP contribution >= 0.6 is 0 Å². The highest BCUT2D eigenvalue weighted by molar-refractivity contribution is 5.97. The van der Waals surface area contributed by atoms with E-state index in [-0.39, 0.29) is 28.3 Å². The van der Waals surface area contributed by atoms with E-state index in [0.29, 0.717) is 5.92 Å². The Morgan fingerprint density at radius 1 is 1.52 bits per heavy atom. The fraction of sp³-hybridized carbons (Fsp3) is 0.467. The molecule has 10 heteroatoms. The standard InChI is InChI=1S/C15H14F3N5O2/c1-2-7-3-4-9(7)20-11-8(6-19)5-10(23(24)25)12-13(11)22-14(21-12)15(16,17)18/h5,7,9,20H,2-4H2,1H3,(H,21,22). The van der Waals surface area contributed by atoms with Crippen molar-refractivity contribution < 1.29 is 18.1 Å². The third kappa shape index (κ3) is 2.86. The Kier molecular flexibility index (Phi) is 4.02. The van der Waals surface area contributed by atoms with Crippen molar-refractivity contribution in [1.29, 1.82) is 5.26 Å². The van der Waals surface area contributed by atoms with E-state index in [2.05, 4.69) is 10.3 Å². The van der Waals surface area contributed by atoms with E-state index >= 15 is 0 Å². The molecule has 1 aliphatic rings. The molecule has 0 radical (unpaired) electrons. The minimum atomic E-state index is -4.78. The largest absolute Gasteiger partial charge is 0.449 e. The van der Waals surface area contributed by atoms with E-state index in [0.717, 1.165) is 25.3 Å². The maximum Gasteiger partial charge on any atom is 0.449 e. The molecule has 132 valence electrons. The molecule has 1 saturated carbocycles. The Morgan fingerprint density at radius 3 is 2.72 bits per heavy atom. The zero-order chi connectivity index (χ0) is 18.4. The lowest BCUT2D eigenvalue weighted by molar-refractivity contribution is -0.383. The van der Waals surface area contributed by atoms with Crippen molar-refractivity contribution in [3.63, 3.8) is 0 Å². The number of benzene rings is 1. The van der Waals surface area contributed by atoms with Gasteiger partial charge in [0, 0.05) is 12.1 Å². The number of H-pyrrole nitrogens is 1. The van der Waals surface area contributed by atoms with Gasteiger partial charge in [0.05, 0.1) is 16.2 Å². The van der Waals surface area contributed by atoms with E-state index in [1.807, 2.05) is 18.0 Å². The number of nitrogens with one attached hydrogen (secondary N) is 2. The Hall–Kier alpha value is -2.83. The lowest BCUT2D eigenvalue weighted by Crippen LogP contribution is -2.38. The van der Waals surface area contributed by atoms with Crippen LogP contribution in [0.5, 0.6) is 0 Å².